The highest BCUT2D eigenvalue weighted by molar-refractivity contribution is 5.33. The lowest BCUT2D eigenvalue weighted by atomic mass is 9.69. The van der Waals surface area contributed by atoms with E-state index in [2.05, 4.69) is 13.8 Å². The predicted molar refractivity (Wildman–Crippen MR) is 78.4 cm³/mol. The van der Waals surface area contributed by atoms with Crippen LogP contribution in [0.3, 0.4) is 0 Å². The Morgan fingerprint density at radius 3 is 2.84 bits per heavy atom. The molecule has 0 amide bonds. The van der Waals surface area contributed by atoms with E-state index < -0.39 is 0 Å². The third-order valence-electron chi connectivity index (χ3n) is 4.43. The van der Waals surface area contributed by atoms with Gasteiger partial charge in [0.1, 0.15) is 5.82 Å². The number of hydrogen-bond donors (Lipinski definition) is 1. The standard InChI is InChI=1S/C17H26FN/c1-12(2)9-14-5-4-8-17(19,11-14)16-10-15(18)7-6-13(16)3/h6-7,10,12,14H,4-5,8-9,11,19H2,1-3H3. The number of aryl methyl sites for hydroxylation is 1. The van der Waals surface area contributed by atoms with Crippen LogP contribution in [0.25, 0.3) is 0 Å². The number of rotatable bonds is 3. The van der Waals surface area contributed by atoms with Gasteiger partial charge in [-0.1, -0.05) is 32.8 Å². The SMILES string of the molecule is Cc1ccc(F)cc1C1(N)CCCC(CC(C)C)C1. The van der Waals surface area contributed by atoms with E-state index in [-0.39, 0.29) is 11.4 Å². The third-order valence-corrected chi connectivity index (χ3v) is 4.43. The Hall–Kier alpha value is -0.890. The van der Waals surface area contributed by atoms with Gasteiger partial charge in [0, 0.05) is 5.54 Å². The first-order valence-corrected chi connectivity index (χ1v) is 7.46. The Morgan fingerprint density at radius 1 is 1.42 bits per heavy atom. The first-order chi connectivity index (χ1) is 8.90. The summed E-state index contributed by atoms with van der Waals surface area (Å²) >= 11 is 0. The molecule has 0 spiro atoms. The number of halogens is 1. The molecule has 0 bridgehead atoms. The molecule has 1 aliphatic rings. The Morgan fingerprint density at radius 2 is 2.16 bits per heavy atom. The molecule has 106 valence electrons. The van der Waals surface area contributed by atoms with Crippen LogP contribution >= 0.6 is 0 Å². The van der Waals surface area contributed by atoms with Crippen molar-refractivity contribution in [1.29, 1.82) is 0 Å². The molecule has 2 unspecified atom stereocenters. The zero-order valence-electron chi connectivity index (χ0n) is 12.4. The Kier molecular flexibility index (Phi) is 4.29. The molecule has 1 aromatic carbocycles. The average Bonchev–Trinajstić information content (AvgIpc) is 2.31. The summed E-state index contributed by atoms with van der Waals surface area (Å²) in [6, 6.07) is 5.02. The van der Waals surface area contributed by atoms with E-state index in [1.807, 2.05) is 13.0 Å². The molecule has 1 fully saturated rings. The second-order valence-electron chi connectivity index (χ2n) is 6.71. The van der Waals surface area contributed by atoms with Crippen molar-refractivity contribution in [3.63, 3.8) is 0 Å². The Bertz CT molecular complexity index is 441. The van der Waals surface area contributed by atoms with Gasteiger partial charge in [-0.25, -0.2) is 4.39 Å². The van der Waals surface area contributed by atoms with Gasteiger partial charge in [-0.2, -0.15) is 0 Å². The molecular formula is C17H26FN. The van der Waals surface area contributed by atoms with Crippen LogP contribution in [0.5, 0.6) is 0 Å². The maximum Gasteiger partial charge on any atom is 0.123 e. The summed E-state index contributed by atoms with van der Waals surface area (Å²) in [5.41, 5.74) is 8.45. The van der Waals surface area contributed by atoms with Gasteiger partial charge in [0.2, 0.25) is 0 Å². The molecule has 1 aromatic rings. The van der Waals surface area contributed by atoms with Crippen molar-refractivity contribution in [2.24, 2.45) is 17.6 Å². The molecule has 0 aliphatic heterocycles. The van der Waals surface area contributed by atoms with E-state index in [1.165, 1.54) is 18.9 Å². The summed E-state index contributed by atoms with van der Waals surface area (Å²) in [4.78, 5) is 0. The van der Waals surface area contributed by atoms with E-state index in [1.54, 1.807) is 6.07 Å². The van der Waals surface area contributed by atoms with Gasteiger partial charge < -0.3 is 5.73 Å². The summed E-state index contributed by atoms with van der Waals surface area (Å²) in [6.07, 6.45) is 5.63. The minimum atomic E-state index is -0.329. The molecule has 0 saturated heterocycles. The van der Waals surface area contributed by atoms with Crippen molar-refractivity contribution in [2.45, 2.75) is 58.4 Å². The molecule has 1 aliphatic carbocycles. The number of hydrogen-bond acceptors (Lipinski definition) is 1. The first-order valence-electron chi connectivity index (χ1n) is 7.46. The molecule has 2 atom stereocenters. The molecule has 0 radical (unpaired) electrons. The highest BCUT2D eigenvalue weighted by Gasteiger charge is 2.35. The fourth-order valence-corrected chi connectivity index (χ4v) is 3.67. The van der Waals surface area contributed by atoms with E-state index in [4.69, 9.17) is 5.73 Å². The fraction of sp³-hybridized carbons (Fsp3) is 0.647. The summed E-state index contributed by atoms with van der Waals surface area (Å²) in [6.45, 7) is 6.57. The van der Waals surface area contributed by atoms with Crippen molar-refractivity contribution < 1.29 is 4.39 Å². The largest absolute Gasteiger partial charge is 0.321 e. The van der Waals surface area contributed by atoms with Gasteiger partial charge in [0.15, 0.2) is 0 Å². The van der Waals surface area contributed by atoms with E-state index >= 15 is 0 Å². The maximum absolute atomic E-state index is 13.5. The van der Waals surface area contributed by atoms with Crippen LogP contribution in [-0.4, -0.2) is 0 Å². The van der Waals surface area contributed by atoms with Gasteiger partial charge in [-0.05, 0) is 61.3 Å². The minimum absolute atomic E-state index is 0.170. The highest BCUT2D eigenvalue weighted by Crippen LogP contribution is 2.41. The second kappa shape index (κ2) is 5.62. The Balaban J connectivity index is 2.23. The molecular weight excluding hydrogens is 237 g/mol. The Labute approximate surface area is 116 Å². The van der Waals surface area contributed by atoms with Crippen LogP contribution in [0, 0.1) is 24.6 Å². The summed E-state index contributed by atoms with van der Waals surface area (Å²) in [5.74, 6) is 1.22. The van der Waals surface area contributed by atoms with E-state index in [0.717, 1.165) is 30.4 Å². The molecule has 19 heavy (non-hydrogen) atoms. The average molecular weight is 263 g/mol. The first kappa shape index (κ1) is 14.5. The molecule has 0 aromatic heterocycles. The van der Waals surface area contributed by atoms with Crippen molar-refractivity contribution in [3.05, 3.63) is 35.1 Å². The zero-order valence-corrected chi connectivity index (χ0v) is 12.4. The third kappa shape index (κ3) is 3.36. The lowest BCUT2D eigenvalue weighted by Crippen LogP contribution is -2.42. The van der Waals surface area contributed by atoms with Gasteiger partial charge in [0.25, 0.3) is 0 Å². The lowest BCUT2D eigenvalue weighted by molar-refractivity contribution is 0.201. The number of benzene rings is 1. The van der Waals surface area contributed by atoms with Gasteiger partial charge in [-0.15, -0.1) is 0 Å². The van der Waals surface area contributed by atoms with Crippen LogP contribution in [0.1, 0.15) is 57.1 Å². The fourth-order valence-electron chi connectivity index (χ4n) is 3.67. The smallest absolute Gasteiger partial charge is 0.123 e. The molecule has 0 heterocycles. The molecule has 1 saturated carbocycles. The summed E-state index contributed by atoms with van der Waals surface area (Å²) in [7, 11) is 0. The number of nitrogens with two attached hydrogens (primary N) is 1. The summed E-state index contributed by atoms with van der Waals surface area (Å²) < 4.78 is 13.5. The second-order valence-corrected chi connectivity index (χ2v) is 6.71. The topological polar surface area (TPSA) is 26.0 Å². The minimum Gasteiger partial charge on any atom is -0.321 e. The molecule has 2 heteroatoms. The van der Waals surface area contributed by atoms with Gasteiger partial charge in [0.05, 0.1) is 0 Å². The van der Waals surface area contributed by atoms with Crippen LogP contribution in [0.2, 0.25) is 0 Å². The molecule has 1 nitrogen and oxygen atoms in total. The zero-order chi connectivity index (χ0) is 14.0. The van der Waals surface area contributed by atoms with Crippen LogP contribution < -0.4 is 5.73 Å². The van der Waals surface area contributed by atoms with Crippen LogP contribution in [0.4, 0.5) is 4.39 Å². The molecule has 2 rings (SSSR count). The van der Waals surface area contributed by atoms with Crippen molar-refractivity contribution >= 4 is 0 Å². The van der Waals surface area contributed by atoms with E-state index in [0.29, 0.717) is 11.8 Å². The van der Waals surface area contributed by atoms with Crippen molar-refractivity contribution in [2.75, 3.05) is 0 Å². The summed E-state index contributed by atoms with van der Waals surface area (Å²) in [5, 5.41) is 0. The lowest BCUT2D eigenvalue weighted by Gasteiger charge is -2.40. The van der Waals surface area contributed by atoms with Gasteiger partial charge >= 0.3 is 0 Å². The highest BCUT2D eigenvalue weighted by atomic mass is 19.1. The van der Waals surface area contributed by atoms with Crippen molar-refractivity contribution in [3.8, 4) is 0 Å². The van der Waals surface area contributed by atoms with E-state index in [9.17, 15) is 4.39 Å². The van der Waals surface area contributed by atoms with Crippen molar-refractivity contribution in [1.82, 2.24) is 0 Å². The monoisotopic (exact) mass is 263 g/mol. The van der Waals surface area contributed by atoms with Gasteiger partial charge in [-0.3, -0.25) is 0 Å². The van der Waals surface area contributed by atoms with Crippen LogP contribution in [0.15, 0.2) is 18.2 Å². The predicted octanol–water partition coefficient (Wildman–Crippen LogP) is 4.52. The normalized spacial score (nSPS) is 27.8. The van der Waals surface area contributed by atoms with Crippen LogP contribution in [-0.2, 0) is 5.54 Å². The molecule has 2 N–H and O–H groups in total. The quantitative estimate of drug-likeness (QED) is 0.852. The maximum atomic E-state index is 13.5.